The zero-order valence-electron chi connectivity index (χ0n) is 13.9. The van der Waals surface area contributed by atoms with E-state index in [0.29, 0.717) is 16.8 Å². The summed E-state index contributed by atoms with van der Waals surface area (Å²) >= 11 is 0. The van der Waals surface area contributed by atoms with Gasteiger partial charge in [-0.15, -0.1) is 0 Å². The zero-order chi connectivity index (χ0) is 18.2. The third kappa shape index (κ3) is 5.04. The van der Waals surface area contributed by atoms with Gasteiger partial charge in [-0.05, 0) is 42.0 Å². The van der Waals surface area contributed by atoms with Gasteiger partial charge >= 0.3 is 5.97 Å². The molecule has 0 radical (unpaired) electrons. The van der Waals surface area contributed by atoms with Crippen LogP contribution in [0.1, 0.15) is 26.3 Å². The lowest BCUT2D eigenvalue weighted by Gasteiger charge is -2.05. The molecule has 25 heavy (non-hydrogen) atoms. The number of ether oxygens (including phenoxy) is 1. The summed E-state index contributed by atoms with van der Waals surface area (Å²) in [7, 11) is 2.86. The van der Waals surface area contributed by atoms with Gasteiger partial charge in [0, 0.05) is 24.4 Å². The molecule has 2 rings (SSSR count). The minimum absolute atomic E-state index is 0.225. The SMILES string of the molecule is CNC(=O)c1cccc(NC(=O)/C=C/c2ccc(C(=O)OC)cc2)c1. The number of anilines is 1. The average molecular weight is 338 g/mol. The Labute approximate surface area is 145 Å². The maximum Gasteiger partial charge on any atom is 0.337 e. The Balaban J connectivity index is 2.01. The molecule has 0 fully saturated rings. The van der Waals surface area contributed by atoms with Gasteiger partial charge in [0.25, 0.3) is 5.91 Å². The van der Waals surface area contributed by atoms with Gasteiger partial charge in [0.15, 0.2) is 0 Å². The molecule has 0 unspecified atom stereocenters. The van der Waals surface area contributed by atoms with Crippen LogP contribution in [-0.4, -0.2) is 31.9 Å². The van der Waals surface area contributed by atoms with Gasteiger partial charge in [-0.2, -0.15) is 0 Å². The number of esters is 1. The molecular weight excluding hydrogens is 320 g/mol. The Bertz CT molecular complexity index is 810. The van der Waals surface area contributed by atoms with Crippen LogP contribution in [0.3, 0.4) is 0 Å². The van der Waals surface area contributed by atoms with Crippen molar-refractivity contribution in [3.05, 3.63) is 71.3 Å². The highest BCUT2D eigenvalue weighted by atomic mass is 16.5. The van der Waals surface area contributed by atoms with Crippen molar-refractivity contribution >= 4 is 29.5 Å². The first-order valence-electron chi connectivity index (χ1n) is 7.53. The summed E-state index contributed by atoms with van der Waals surface area (Å²) in [6, 6.07) is 13.3. The van der Waals surface area contributed by atoms with Crippen LogP contribution in [0.2, 0.25) is 0 Å². The third-order valence-electron chi connectivity index (χ3n) is 3.38. The molecule has 0 aliphatic rings. The van der Waals surface area contributed by atoms with E-state index in [2.05, 4.69) is 15.4 Å². The molecule has 2 aromatic rings. The molecule has 0 saturated heterocycles. The van der Waals surface area contributed by atoms with Crippen molar-refractivity contribution in [2.45, 2.75) is 0 Å². The van der Waals surface area contributed by atoms with Crippen LogP contribution in [0.4, 0.5) is 5.69 Å². The largest absolute Gasteiger partial charge is 0.465 e. The van der Waals surface area contributed by atoms with Crippen LogP contribution in [0, 0.1) is 0 Å². The molecule has 2 aromatic carbocycles. The summed E-state index contributed by atoms with van der Waals surface area (Å²) in [4.78, 5) is 34.9. The fraction of sp³-hybridized carbons (Fsp3) is 0.105. The van der Waals surface area contributed by atoms with Crippen LogP contribution in [0.25, 0.3) is 6.08 Å². The van der Waals surface area contributed by atoms with E-state index in [1.807, 2.05) is 0 Å². The number of amides is 2. The Hall–Kier alpha value is -3.41. The fourth-order valence-electron chi connectivity index (χ4n) is 2.09. The maximum atomic E-state index is 12.0. The van der Waals surface area contributed by atoms with Gasteiger partial charge in [-0.3, -0.25) is 9.59 Å². The highest BCUT2D eigenvalue weighted by molar-refractivity contribution is 6.03. The van der Waals surface area contributed by atoms with Gasteiger partial charge in [0.2, 0.25) is 5.91 Å². The first kappa shape index (κ1) is 17.9. The predicted octanol–water partition coefficient (Wildman–Crippen LogP) is 2.48. The zero-order valence-corrected chi connectivity index (χ0v) is 13.9. The van der Waals surface area contributed by atoms with Gasteiger partial charge in [0.1, 0.15) is 0 Å². The lowest BCUT2D eigenvalue weighted by atomic mass is 10.1. The van der Waals surface area contributed by atoms with Crippen LogP contribution in [0.5, 0.6) is 0 Å². The second kappa shape index (κ2) is 8.44. The molecule has 2 amide bonds. The molecule has 6 nitrogen and oxygen atoms in total. The Kier molecular flexibility index (Phi) is 6.06. The molecule has 6 heteroatoms. The standard InChI is InChI=1S/C19H18N2O4/c1-20-18(23)15-4-3-5-16(12-15)21-17(22)11-8-13-6-9-14(10-7-13)19(24)25-2/h3-12H,1-2H3,(H,20,23)(H,21,22)/b11-8+. The summed E-state index contributed by atoms with van der Waals surface area (Å²) in [5.74, 6) is -0.965. The average Bonchev–Trinajstić information content (AvgIpc) is 2.65. The van der Waals surface area contributed by atoms with Crippen molar-refractivity contribution in [2.24, 2.45) is 0 Å². The first-order chi connectivity index (χ1) is 12.0. The summed E-state index contributed by atoms with van der Waals surface area (Å²) < 4.78 is 4.63. The minimum atomic E-state index is -0.413. The minimum Gasteiger partial charge on any atom is -0.465 e. The van der Waals surface area contributed by atoms with Crippen LogP contribution in [0.15, 0.2) is 54.6 Å². The summed E-state index contributed by atoms with van der Waals surface area (Å²) in [5, 5.41) is 5.22. The lowest BCUT2D eigenvalue weighted by molar-refractivity contribution is -0.111. The van der Waals surface area contributed by atoms with Crippen molar-refractivity contribution in [2.75, 3.05) is 19.5 Å². The van der Waals surface area contributed by atoms with Gasteiger partial charge in [-0.1, -0.05) is 18.2 Å². The van der Waals surface area contributed by atoms with E-state index >= 15 is 0 Å². The molecule has 0 bridgehead atoms. The number of rotatable bonds is 5. The Morgan fingerprint density at radius 2 is 1.72 bits per heavy atom. The van der Waals surface area contributed by atoms with Gasteiger partial charge < -0.3 is 15.4 Å². The number of carbonyl (C=O) groups excluding carboxylic acids is 3. The van der Waals surface area contributed by atoms with Crippen LogP contribution in [-0.2, 0) is 9.53 Å². The van der Waals surface area contributed by atoms with Crippen molar-refractivity contribution in [3.63, 3.8) is 0 Å². The van der Waals surface area contributed by atoms with E-state index in [1.54, 1.807) is 61.7 Å². The molecule has 0 spiro atoms. The van der Waals surface area contributed by atoms with Gasteiger partial charge in [0.05, 0.1) is 12.7 Å². The lowest BCUT2D eigenvalue weighted by Crippen LogP contribution is -2.18. The maximum absolute atomic E-state index is 12.0. The summed E-state index contributed by atoms with van der Waals surface area (Å²) in [6.45, 7) is 0. The van der Waals surface area contributed by atoms with Crippen molar-refractivity contribution in [1.29, 1.82) is 0 Å². The number of carbonyl (C=O) groups is 3. The summed E-state index contributed by atoms with van der Waals surface area (Å²) in [6.07, 6.45) is 3.00. The van der Waals surface area contributed by atoms with E-state index in [4.69, 9.17) is 0 Å². The first-order valence-corrected chi connectivity index (χ1v) is 7.53. The molecule has 0 heterocycles. The molecule has 0 aromatic heterocycles. The van der Waals surface area contributed by atoms with E-state index < -0.39 is 5.97 Å². The number of hydrogen-bond acceptors (Lipinski definition) is 4. The molecule has 0 saturated carbocycles. The third-order valence-corrected chi connectivity index (χ3v) is 3.38. The quantitative estimate of drug-likeness (QED) is 0.648. The predicted molar refractivity (Wildman–Crippen MR) is 95.3 cm³/mol. The second-order valence-corrected chi connectivity index (χ2v) is 5.10. The fourth-order valence-corrected chi connectivity index (χ4v) is 2.09. The van der Waals surface area contributed by atoms with Crippen molar-refractivity contribution in [3.8, 4) is 0 Å². The van der Waals surface area contributed by atoms with Crippen molar-refractivity contribution in [1.82, 2.24) is 5.32 Å². The monoisotopic (exact) mass is 338 g/mol. The molecule has 2 N–H and O–H groups in total. The van der Waals surface area contributed by atoms with E-state index in [-0.39, 0.29) is 11.8 Å². The van der Waals surface area contributed by atoms with E-state index in [9.17, 15) is 14.4 Å². The highest BCUT2D eigenvalue weighted by Crippen LogP contribution is 2.11. The summed E-state index contributed by atoms with van der Waals surface area (Å²) in [5.41, 5.74) is 2.19. The highest BCUT2D eigenvalue weighted by Gasteiger charge is 2.05. The van der Waals surface area contributed by atoms with E-state index in [1.165, 1.54) is 13.2 Å². The topological polar surface area (TPSA) is 84.5 Å². The molecular formula is C19H18N2O4. The van der Waals surface area contributed by atoms with Crippen molar-refractivity contribution < 1.29 is 19.1 Å². The van der Waals surface area contributed by atoms with Crippen LogP contribution < -0.4 is 10.6 Å². The Morgan fingerprint density at radius 3 is 2.36 bits per heavy atom. The smallest absolute Gasteiger partial charge is 0.337 e. The number of methoxy groups -OCH3 is 1. The number of nitrogens with one attached hydrogen (secondary N) is 2. The number of hydrogen-bond donors (Lipinski definition) is 2. The number of benzene rings is 2. The van der Waals surface area contributed by atoms with E-state index in [0.717, 1.165) is 5.56 Å². The molecule has 0 aliphatic heterocycles. The van der Waals surface area contributed by atoms with Crippen LogP contribution >= 0.6 is 0 Å². The Morgan fingerprint density at radius 1 is 1.00 bits per heavy atom. The normalized spacial score (nSPS) is 10.3. The molecule has 0 aliphatic carbocycles. The molecule has 128 valence electrons. The van der Waals surface area contributed by atoms with Gasteiger partial charge in [-0.25, -0.2) is 4.79 Å². The second-order valence-electron chi connectivity index (χ2n) is 5.10. The molecule has 0 atom stereocenters.